The highest BCUT2D eigenvalue weighted by molar-refractivity contribution is 7.13. The van der Waals surface area contributed by atoms with Gasteiger partial charge in [0.2, 0.25) is 0 Å². The molecular weight excluding hydrogens is 410 g/mol. The van der Waals surface area contributed by atoms with Crippen LogP contribution in [0.15, 0.2) is 78.3 Å². The Labute approximate surface area is 182 Å². The Kier molecular flexibility index (Phi) is 4.93. The van der Waals surface area contributed by atoms with Crippen molar-refractivity contribution in [1.29, 1.82) is 0 Å². The molecule has 0 saturated carbocycles. The second-order valence-corrected chi connectivity index (χ2v) is 7.88. The van der Waals surface area contributed by atoms with E-state index in [1.54, 1.807) is 35.6 Å². The summed E-state index contributed by atoms with van der Waals surface area (Å²) in [4.78, 5) is 25.4. The lowest BCUT2D eigenvalue weighted by atomic mass is 10.1. The second-order valence-electron chi connectivity index (χ2n) is 6.94. The summed E-state index contributed by atoms with van der Waals surface area (Å²) in [6.45, 7) is -0.0168. The number of hydrogen-bond acceptors (Lipinski definition) is 5. The summed E-state index contributed by atoms with van der Waals surface area (Å²) < 4.78 is 7.16. The molecule has 0 saturated heterocycles. The maximum Gasteiger partial charge on any atom is 0.262 e. The van der Waals surface area contributed by atoms with Gasteiger partial charge in [-0.05, 0) is 53.9 Å². The Balaban J connectivity index is 1.46. The van der Waals surface area contributed by atoms with Crippen molar-refractivity contribution in [2.45, 2.75) is 0 Å². The number of fused-ring (bicyclic) bond motifs is 1. The quantitative estimate of drug-likeness (QED) is 0.366. The zero-order valence-electron chi connectivity index (χ0n) is 16.3. The van der Waals surface area contributed by atoms with Gasteiger partial charge in [-0.1, -0.05) is 24.3 Å². The van der Waals surface area contributed by atoms with Crippen molar-refractivity contribution in [3.63, 3.8) is 0 Å². The van der Waals surface area contributed by atoms with E-state index in [4.69, 9.17) is 9.84 Å². The molecule has 1 aliphatic heterocycles. The first-order valence-electron chi connectivity index (χ1n) is 9.65. The van der Waals surface area contributed by atoms with Crippen molar-refractivity contribution in [1.82, 2.24) is 9.78 Å². The summed E-state index contributed by atoms with van der Waals surface area (Å²) in [6, 6.07) is 18.8. The molecule has 0 atom stereocenters. The number of aromatic nitrogens is 2. The number of rotatable bonds is 5. The third kappa shape index (κ3) is 3.91. The SMILES string of the molecule is O=C1COc2ccc(C(=O)C=Cc3cn(-c4ccccc4)nc3-c3cccs3)cc2N1. The Hall–Kier alpha value is -3.97. The minimum absolute atomic E-state index is 0.0168. The lowest BCUT2D eigenvalue weighted by molar-refractivity contribution is -0.118. The van der Waals surface area contributed by atoms with Gasteiger partial charge in [-0.25, -0.2) is 4.68 Å². The number of thiophene rings is 1. The van der Waals surface area contributed by atoms with E-state index >= 15 is 0 Å². The minimum atomic E-state index is -0.235. The van der Waals surface area contributed by atoms with E-state index in [-0.39, 0.29) is 18.3 Å². The second kappa shape index (κ2) is 8.04. The van der Waals surface area contributed by atoms with Crippen molar-refractivity contribution in [3.8, 4) is 22.0 Å². The van der Waals surface area contributed by atoms with Crippen LogP contribution in [0.25, 0.3) is 22.3 Å². The average Bonchev–Trinajstić information content (AvgIpc) is 3.47. The van der Waals surface area contributed by atoms with Gasteiger partial charge in [-0.3, -0.25) is 9.59 Å². The van der Waals surface area contributed by atoms with Gasteiger partial charge >= 0.3 is 0 Å². The van der Waals surface area contributed by atoms with Crippen LogP contribution < -0.4 is 10.1 Å². The highest BCUT2D eigenvalue weighted by atomic mass is 32.1. The number of amides is 1. The lowest BCUT2D eigenvalue weighted by Crippen LogP contribution is -2.25. The number of nitrogens with one attached hydrogen (secondary N) is 1. The monoisotopic (exact) mass is 427 g/mol. The number of para-hydroxylation sites is 1. The molecule has 31 heavy (non-hydrogen) atoms. The van der Waals surface area contributed by atoms with E-state index in [1.807, 2.05) is 58.7 Å². The van der Waals surface area contributed by atoms with Gasteiger partial charge in [0.05, 0.1) is 16.3 Å². The molecule has 0 aliphatic carbocycles. The standard InChI is InChI=1S/C24H17N3O3S/c28-20(16-9-11-21-19(13-16)25-23(29)15-30-21)10-8-17-14-27(18-5-2-1-3-6-18)26-24(17)22-7-4-12-31-22/h1-14H,15H2,(H,25,29). The number of ether oxygens (including phenoxy) is 1. The molecule has 5 rings (SSSR count). The number of benzene rings is 2. The van der Waals surface area contributed by atoms with E-state index < -0.39 is 0 Å². The smallest absolute Gasteiger partial charge is 0.262 e. The fraction of sp³-hybridized carbons (Fsp3) is 0.0417. The Morgan fingerprint density at radius 3 is 2.81 bits per heavy atom. The molecule has 1 amide bonds. The molecule has 2 aromatic carbocycles. The van der Waals surface area contributed by atoms with Gasteiger partial charge < -0.3 is 10.1 Å². The Bertz CT molecular complexity index is 1290. The van der Waals surface area contributed by atoms with Gasteiger partial charge in [0.15, 0.2) is 12.4 Å². The van der Waals surface area contributed by atoms with E-state index in [2.05, 4.69) is 5.32 Å². The summed E-state index contributed by atoms with van der Waals surface area (Å²) in [5, 5.41) is 9.47. The van der Waals surface area contributed by atoms with Crippen LogP contribution in [0.4, 0.5) is 5.69 Å². The molecule has 0 fully saturated rings. The van der Waals surface area contributed by atoms with Gasteiger partial charge in [-0.15, -0.1) is 11.3 Å². The molecule has 152 valence electrons. The van der Waals surface area contributed by atoms with Gasteiger partial charge in [-0.2, -0.15) is 5.10 Å². The normalized spacial score (nSPS) is 13.0. The molecule has 6 nitrogen and oxygen atoms in total. The zero-order valence-corrected chi connectivity index (χ0v) is 17.1. The molecule has 0 unspecified atom stereocenters. The van der Waals surface area contributed by atoms with Crippen molar-refractivity contribution in [2.75, 3.05) is 11.9 Å². The lowest BCUT2D eigenvalue weighted by Gasteiger charge is -2.17. The summed E-state index contributed by atoms with van der Waals surface area (Å²) in [6.07, 6.45) is 5.21. The maximum absolute atomic E-state index is 12.8. The van der Waals surface area contributed by atoms with Crippen LogP contribution in [0.3, 0.4) is 0 Å². The summed E-state index contributed by atoms with van der Waals surface area (Å²) in [5.41, 5.74) is 3.57. The van der Waals surface area contributed by atoms with E-state index in [0.29, 0.717) is 17.0 Å². The van der Waals surface area contributed by atoms with E-state index in [9.17, 15) is 9.59 Å². The van der Waals surface area contributed by atoms with E-state index in [0.717, 1.165) is 21.8 Å². The number of carbonyl (C=O) groups is 2. The van der Waals surface area contributed by atoms with Crippen LogP contribution >= 0.6 is 11.3 Å². The molecule has 0 bridgehead atoms. The van der Waals surface area contributed by atoms with Crippen molar-refractivity contribution in [2.24, 2.45) is 0 Å². The van der Waals surface area contributed by atoms with Crippen LogP contribution in [0.5, 0.6) is 5.75 Å². The number of nitrogens with zero attached hydrogens (tertiary/aromatic N) is 2. The minimum Gasteiger partial charge on any atom is -0.482 e. The van der Waals surface area contributed by atoms with Gasteiger partial charge in [0.25, 0.3) is 5.91 Å². The maximum atomic E-state index is 12.8. The Morgan fingerprint density at radius 1 is 1.13 bits per heavy atom. The first-order chi connectivity index (χ1) is 15.2. The van der Waals surface area contributed by atoms with Gasteiger partial charge in [0.1, 0.15) is 11.4 Å². The van der Waals surface area contributed by atoms with Gasteiger partial charge in [0, 0.05) is 17.3 Å². The molecule has 1 aliphatic rings. The van der Waals surface area contributed by atoms with Crippen LogP contribution in [0.1, 0.15) is 15.9 Å². The molecule has 7 heteroatoms. The molecule has 3 heterocycles. The Morgan fingerprint density at radius 2 is 2.00 bits per heavy atom. The fourth-order valence-electron chi connectivity index (χ4n) is 3.33. The number of hydrogen-bond donors (Lipinski definition) is 1. The molecule has 1 N–H and O–H groups in total. The van der Waals surface area contributed by atoms with E-state index in [1.165, 1.54) is 6.08 Å². The largest absolute Gasteiger partial charge is 0.482 e. The van der Waals surface area contributed by atoms with Crippen LogP contribution in [-0.2, 0) is 4.79 Å². The fourth-order valence-corrected chi connectivity index (χ4v) is 4.06. The molecule has 0 radical (unpaired) electrons. The molecular formula is C24H17N3O3S. The zero-order chi connectivity index (χ0) is 21.2. The summed E-state index contributed by atoms with van der Waals surface area (Å²) >= 11 is 1.60. The van der Waals surface area contributed by atoms with Crippen molar-refractivity contribution < 1.29 is 14.3 Å². The first kappa shape index (κ1) is 19.0. The number of anilines is 1. The van der Waals surface area contributed by atoms with Crippen molar-refractivity contribution >= 4 is 34.8 Å². The molecule has 0 spiro atoms. The molecule has 4 aromatic rings. The third-order valence-electron chi connectivity index (χ3n) is 4.83. The highest BCUT2D eigenvalue weighted by Crippen LogP contribution is 2.30. The average molecular weight is 427 g/mol. The van der Waals surface area contributed by atoms with Crippen molar-refractivity contribution in [3.05, 3.63) is 89.4 Å². The summed E-state index contributed by atoms with van der Waals surface area (Å²) in [5.74, 6) is 0.151. The highest BCUT2D eigenvalue weighted by Gasteiger charge is 2.17. The number of carbonyl (C=O) groups excluding carboxylic acids is 2. The van der Waals surface area contributed by atoms with Crippen LogP contribution in [-0.4, -0.2) is 28.1 Å². The van der Waals surface area contributed by atoms with Crippen LogP contribution in [0, 0.1) is 0 Å². The topological polar surface area (TPSA) is 73.2 Å². The van der Waals surface area contributed by atoms with Crippen LogP contribution in [0.2, 0.25) is 0 Å². The third-order valence-corrected chi connectivity index (χ3v) is 5.71. The number of allylic oxidation sites excluding steroid dienone is 1. The predicted octanol–water partition coefficient (Wildman–Crippen LogP) is 4.83. The first-order valence-corrected chi connectivity index (χ1v) is 10.5. The number of ketones is 1. The summed E-state index contributed by atoms with van der Waals surface area (Å²) in [7, 11) is 0. The predicted molar refractivity (Wildman–Crippen MR) is 121 cm³/mol. The molecule has 2 aromatic heterocycles.